The molecule has 0 saturated carbocycles. The van der Waals surface area contributed by atoms with Gasteiger partial charge in [0, 0.05) is 25.6 Å². The van der Waals surface area contributed by atoms with Crippen LogP contribution in [0, 0.1) is 11.8 Å². The standard InChI is InChI=1S/C20H38N2O3/c1-15(2)8-7-9-16(3)21-18(23)14-17-10-12-22(13-11-17)19(24)25-20(4,5)6/h15-17H,7-14H2,1-6H3,(H,21,23). The van der Waals surface area contributed by atoms with E-state index in [0.717, 1.165) is 31.6 Å². The van der Waals surface area contributed by atoms with Gasteiger partial charge in [-0.15, -0.1) is 0 Å². The molecule has 25 heavy (non-hydrogen) atoms. The summed E-state index contributed by atoms with van der Waals surface area (Å²) in [5, 5.41) is 3.12. The van der Waals surface area contributed by atoms with Gasteiger partial charge in [-0.3, -0.25) is 4.79 Å². The summed E-state index contributed by atoms with van der Waals surface area (Å²) in [6.45, 7) is 13.5. The second-order valence-corrected chi connectivity index (χ2v) is 8.91. The number of likely N-dealkylation sites (tertiary alicyclic amines) is 1. The van der Waals surface area contributed by atoms with Gasteiger partial charge in [0.1, 0.15) is 5.60 Å². The summed E-state index contributed by atoms with van der Waals surface area (Å²) in [6.07, 6.45) is 5.48. The maximum Gasteiger partial charge on any atom is 0.410 e. The van der Waals surface area contributed by atoms with E-state index in [9.17, 15) is 9.59 Å². The molecule has 1 N–H and O–H groups in total. The number of piperidine rings is 1. The van der Waals surface area contributed by atoms with E-state index in [-0.39, 0.29) is 18.0 Å². The van der Waals surface area contributed by atoms with Crippen molar-refractivity contribution in [3.8, 4) is 0 Å². The summed E-state index contributed by atoms with van der Waals surface area (Å²) in [4.78, 5) is 26.0. The highest BCUT2D eigenvalue weighted by molar-refractivity contribution is 5.76. The normalized spacial score (nSPS) is 17.5. The Kier molecular flexibility index (Phi) is 8.74. The van der Waals surface area contributed by atoms with E-state index in [1.54, 1.807) is 4.90 Å². The number of nitrogens with one attached hydrogen (secondary N) is 1. The molecule has 1 fully saturated rings. The van der Waals surface area contributed by atoms with Gasteiger partial charge in [-0.05, 0) is 58.8 Å². The zero-order chi connectivity index (χ0) is 19.0. The van der Waals surface area contributed by atoms with Crippen molar-refractivity contribution in [2.75, 3.05) is 13.1 Å². The first kappa shape index (κ1) is 21.8. The van der Waals surface area contributed by atoms with E-state index < -0.39 is 5.60 Å². The van der Waals surface area contributed by atoms with Crippen molar-refractivity contribution in [2.45, 2.75) is 91.7 Å². The predicted octanol–water partition coefficient (Wildman–Crippen LogP) is 4.35. The van der Waals surface area contributed by atoms with Crippen molar-refractivity contribution in [2.24, 2.45) is 11.8 Å². The fraction of sp³-hybridized carbons (Fsp3) is 0.900. The molecular weight excluding hydrogens is 316 g/mol. The maximum absolute atomic E-state index is 12.2. The molecular formula is C20H38N2O3. The van der Waals surface area contributed by atoms with E-state index in [2.05, 4.69) is 26.1 Å². The molecule has 1 atom stereocenters. The number of ether oxygens (including phenoxy) is 1. The highest BCUT2D eigenvalue weighted by atomic mass is 16.6. The summed E-state index contributed by atoms with van der Waals surface area (Å²) in [6, 6.07) is 0.244. The van der Waals surface area contributed by atoms with E-state index in [4.69, 9.17) is 4.74 Å². The Morgan fingerprint density at radius 2 is 1.72 bits per heavy atom. The second-order valence-electron chi connectivity index (χ2n) is 8.91. The Hall–Kier alpha value is -1.26. The quantitative estimate of drug-likeness (QED) is 0.739. The SMILES string of the molecule is CC(C)CCCC(C)NC(=O)CC1CCN(C(=O)OC(C)(C)C)CC1. The van der Waals surface area contributed by atoms with Gasteiger partial charge in [-0.25, -0.2) is 4.79 Å². The molecule has 1 unspecified atom stereocenters. The topological polar surface area (TPSA) is 58.6 Å². The van der Waals surface area contributed by atoms with Crippen LogP contribution in [0.5, 0.6) is 0 Å². The molecule has 1 heterocycles. The Bertz CT molecular complexity index is 421. The summed E-state index contributed by atoms with van der Waals surface area (Å²) < 4.78 is 5.41. The largest absolute Gasteiger partial charge is 0.444 e. The maximum atomic E-state index is 12.2. The van der Waals surface area contributed by atoms with Crippen molar-refractivity contribution in [1.29, 1.82) is 0 Å². The molecule has 1 aliphatic rings. The van der Waals surface area contributed by atoms with Crippen molar-refractivity contribution >= 4 is 12.0 Å². The molecule has 0 radical (unpaired) electrons. The molecule has 0 aliphatic carbocycles. The summed E-state index contributed by atoms with van der Waals surface area (Å²) in [5.41, 5.74) is -0.459. The lowest BCUT2D eigenvalue weighted by atomic mass is 9.93. The van der Waals surface area contributed by atoms with Crippen molar-refractivity contribution < 1.29 is 14.3 Å². The highest BCUT2D eigenvalue weighted by Crippen LogP contribution is 2.22. The minimum Gasteiger partial charge on any atom is -0.444 e. The lowest BCUT2D eigenvalue weighted by Crippen LogP contribution is -2.42. The van der Waals surface area contributed by atoms with Gasteiger partial charge in [0.25, 0.3) is 0 Å². The van der Waals surface area contributed by atoms with Gasteiger partial charge in [0.05, 0.1) is 0 Å². The zero-order valence-electron chi connectivity index (χ0n) is 17.1. The van der Waals surface area contributed by atoms with Crippen LogP contribution in [0.25, 0.3) is 0 Å². The smallest absolute Gasteiger partial charge is 0.410 e. The van der Waals surface area contributed by atoms with Gasteiger partial charge in [-0.1, -0.05) is 26.7 Å². The third-order valence-electron chi connectivity index (χ3n) is 4.57. The first-order chi connectivity index (χ1) is 11.6. The number of amides is 2. The Morgan fingerprint density at radius 1 is 1.12 bits per heavy atom. The molecule has 2 amide bonds. The molecule has 5 heteroatoms. The number of carbonyl (C=O) groups excluding carboxylic acids is 2. The average molecular weight is 355 g/mol. The van der Waals surface area contributed by atoms with E-state index >= 15 is 0 Å². The Labute approximate surface area is 153 Å². The van der Waals surface area contributed by atoms with Crippen LogP contribution in [-0.4, -0.2) is 41.6 Å². The van der Waals surface area contributed by atoms with Crippen LogP contribution in [0.2, 0.25) is 0 Å². The first-order valence-corrected chi connectivity index (χ1v) is 9.84. The predicted molar refractivity (Wildman–Crippen MR) is 101 cm³/mol. The second kappa shape index (κ2) is 10.0. The molecule has 1 saturated heterocycles. The highest BCUT2D eigenvalue weighted by Gasteiger charge is 2.27. The molecule has 146 valence electrons. The number of hydrogen-bond donors (Lipinski definition) is 1. The first-order valence-electron chi connectivity index (χ1n) is 9.84. The Morgan fingerprint density at radius 3 is 2.24 bits per heavy atom. The molecule has 0 aromatic heterocycles. The number of nitrogens with zero attached hydrogens (tertiary/aromatic N) is 1. The van der Waals surface area contributed by atoms with Crippen molar-refractivity contribution in [3.63, 3.8) is 0 Å². The monoisotopic (exact) mass is 354 g/mol. The van der Waals surface area contributed by atoms with Gasteiger partial charge < -0.3 is 15.0 Å². The minimum atomic E-state index is -0.459. The molecule has 1 aliphatic heterocycles. The molecule has 0 aromatic carbocycles. The molecule has 0 spiro atoms. The molecule has 5 nitrogen and oxygen atoms in total. The van der Waals surface area contributed by atoms with Crippen molar-refractivity contribution in [1.82, 2.24) is 10.2 Å². The zero-order valence-corrected chi connectivity index (χ0v) is 17.1. The fourth-order valence-corrected chi connectivity index (χ4v) is 3.15. The van der Waals surface area contributed by atoms with Crippen LogP contribution < -0.4 is 5.32 Å². The van der Waals surface area contributed by atoms with Crippen LogP contribution in [-0.2, 0) is 9.53 Å². The minimum absolute atomic E-state index is 0.146. The average Bonchev–Trinajstić information content (AvgIpc) is 2.45. The molecule has 0 bridgehead atoms. The lowest BCUT2D eigenvalue weighted by molar-refractivity contribution is -0.123. The fourth-order valence-electron chi connectivity index (χ4n) is 3.15. The van der Waals surface area contributed by atoms with E-state index in [1.807, 2.05) is 20.8 Å². The number of carbonyl (C=O) groups is 2. The number of hydrogen-bond acceptors (Lipinski definition) is 3. The summed E-state index contributed by atoms with van der Waals surface area (Å²) >= 11 is 0. The van der Waals surface area contributed by atoms with Crippen LogP contribution in [0.4, 0.5) is 4.79 Å². The van der Waals surface area contributed by atoms with Crippen molar-refractivity contribution in [3.05, 3.63) is 0 Å². The van der Waals surface area contributed by atoms with E-state index in [0.29, 0.717) is 25.4 Å². The van der Waals surface area contributed by atoms with Crippen LogP contribution in [0.3, 0.4) is 0 Å². The lowest BCUT2D eigenvalue weighted by Gasteiger charge is -2.33. The third-order valence-corrected chi connectivity index (χ3v) is 4.57. The van der Waals surface area contributed by atoms with Crippen LogP contribution in [0.1, 0.15) is 80.1 Å². The number of rotatable bonds is 7. The van der Waals surface area contributed by atoms with Gasteiger partial charge in [0.15, 0.2) is 0 Å². The van der Waals surface area contributed by atoms with E-state index in [1.165, 1.54) is 6.42 Å². The van der Waals surface area contributed by atoms with Gasteiger partial charge in [-0.2, -0.15) is 0 Å². The summed E-state index contributed by atoms with van der Waals surface area (Å²) in [7, 11) is 0. The third kappa shape index (κ3) is 9.71. The molecule has 0 aromatic rings. The Balaban J connectivity index is 2.24. The van der Waals surface area contributed by atoms with Gasteiger partial charge in [0.2, 0.25) is 5.91 Å². The van der Waals surface area contributed by atoms with Crippen LogP contribution >= 0.6 is 0 Å². The van der Waals surface area contributed by atoms with Gasteiger partial charge >= 0.3 is 6.09 Å². The summed E-state index contributed by atoms with van der Waals surface area (Å²) in [5.74, 6) is 1.23. The van der Waals surface area contributed by atoms with Crippen LogP contribution in [0.15, 0.2) is 0 Å². The molecule has 1 rings (SSSR count).